The van der Waals surface area contributed by atoms with Gasteiger partial charge in [-0.15, -0.1) is 0 Å². The van der Waals surface area contributed by atoms with Crippen molar-refractivity contribution >= 4 is 17.5 Å². The highest BCUT2D eigenvalue weighted by atomic mass is 35.5. The molecule has 0 unspecified atom stereocenters. The zero-order chi connectivity index (χ0) is 15.9. The van der Waals surface area contributed by atoms with E-state index in [2.05, 4.69) is 37.9 Å². The summed E-state index contributed by atoms with van der Waals surface area (Å²) in [5, 5.41) is 3.60. The van der Waals surface area contributed by atoms with Crippen molar-refractivity contribution in [2.75, 3.05) is 6.54 Å². The summed E-state index contributed by atoms with van der Waals surface area (Å²) < 4.78 is 0. The van der Waals surface area contributed by atoms with Gasteiger partial charge in [0.2, 0.25) is 0 Å². The van der Waals surface area contributed by atoms with Gasteiger partial charge in [0.1, 0.15) is 0 Å². The van der Waals surface area contributed by atoms with Gasteiger partial charge >= 0.3 is 0 Å². The summed E-state index contributed by atoms with van der Waals surface area (Å²) in [6.45, 7) is 6.55. The largest absolute Gasteiger partial charge is 0.347 e. The molecule has 21 heavy (non-hydrogen) atoms. The van der Waals surface area contributed by atoms with Crippen LogP contribution in [0.1, 0.15) is 56.0 Å². The Morgan fingerprint density at radius 1 is 1.29 bits per heavy atom. The first kappa shape index (κ1) is 17.6. The summed E-state index contributed by atoms with van der Waals surface area (Å²) >= 11 is 6.16. The summed E-state index contributed by atoms with van der Waals surface area (Å²) in [6.07, 6.45) is 2.71. The molecule has 3 nitrogen and oxygen atoms in total. The highest BCUT2D eigenvalue weighted by molar-refractivity contribution is 6.32. The molecule has 1 aromatic carbocycles. The number of hydrogen-bond donors (Lipinski definition) is 2. The van der Waals surface area contributed by atoms with Crippen molar-refractivity contribution in [3.8, 4) is 11.8 Å². The second-order valence-electron chi connectivity index (χ2n) is 5.00. The second-order valence-corrected chi connectivity index (χ2v) is 5.40. The maximum absolute atomic E-state index is 12.4. The minimum Gasteiger partial charge on any atom is -0.347 e. The minimum atomic E-state index is -0.151. The van der Waals surface area contributed by atoms with E-state index < -0.39 is 0 Å². The van der Waals surface area contributed by atoms with Gasteiger partial charge in [-0.3, -0.25) is 4.79 Å². The third-order valence-corrected chi connectivity index (χ3v) is 4.28. The maximum Gasteiger partial charge on any atom is 0.251 e. The van der Waals surface area contributed by atoms with E-state index in [9.17, 15) is 4.79 Å². The molecule has 3 N–H and O–H groups in total. The fourth-order valence-electron chi connectivity index (χ4n) is 2.23. The molecule has 114 valence electrons. The molecule has 0 aliphatic rings. The van der Waals surface area contributed by atoms with Crippen LogP contribution < -0.4 is 11.1 Å². The number of hydrogen-bond acceptors (Lipinski definition) is 2. The van der Waals surface area contributed by atoms with Gasteiger partial charge < -0.3 is 11.1 Å². The van der Waals surface area contributed by atoms with Crippen molar-refractivity contribution in [1.29, 1.82) is 0 Å². The summed E-state index contributed by atoms with van der Waals surface area (Å²) in [7, 11) is 0. The highest BCUT2D eigenvalue weighted by Gasteiger charge is 2.26. The molecular weight excluding hydrogens is 284 g/mol. The lowest BCUT2D eigenvalue weighted by atomic mass is 9.89. The summed E-state index contributed by atoms with van der Waals surface area (Å²) in [5.41, 5.74) is 6.43. The van der Waals surface area contributed by atoms with Gasteiger partial charge in [0.15, 0.2) is 0 Å². The number of carbonyl (C=O) groups is 1. The Morgan fingerprint density at radius 3 is 2.38 bits per heavy atom. The molecule has 0 heterocycles. The van der Waals surface area contributed by atoms with Crippen LogP contribution in [0.15, 0.2) is 18.2 Å². The standard InChI is InChI=1S/C17H23ClN2O/c1-4-17(5-2,6-3)20-16(21)14-10-9-13(8-7-11-19)15(18)12-14/h9-10,12H,4-6,11,19H2,1-3H3,(H,20,21). The molecule has 0 saturated heterocycles. The van der Waals surface area contributed by atoms with Gasteiger partial charge in [0.25, 0.3) is 5.91 Å². The van der Waals surface area contributed by atoms with Crippen LogP contribution in [0.2, 0.25) is 5.02 Å². The normalized spacial score (nSPS) is 10.7. The van der Waals surface area contributed by atoms with Crippen molar-refractivity contribution in [2.45, 2.75) is 45.6 Å². The molecule has 0 bridgehead atoms. The Hall–Kier alpha value is -1.50. The van der Waals surface area contributed by atoms with E-state index in [4.69, 9.17) is 17.3 Å². The van der Waals surface area contributed by atoms with Crippen molar-refractivity contribution in [2.24, 2.45) is 5.73 Å². The molecular formula is C17H23ClN2O. The zero-order valence-corrected chi connectivity index (χ0v) is 13.7. The van der Waals surface area contributed by atoms with E-state index in [0.29, 0.717) is 16.1 Å². The minimum absolute atomic E-state index is 0.0965. The monoisotopic (exact) mass is 306 g/mol. The Morgan fingerprint density at radius 2 is 1.90 bits per heavy atom. The number of benzene rings is 1. The van der Waals surface area contributed by atoms with Crippen LogP contribution in [0.4, 0.5) is 0 Å². The average Bonchev–Trinajstić information content (AvgIpc) is 2.51. The topological polar surface area (TPSA) is 55.1 Å². The molecule has 0 fully saturated rings. The molecule has 1 rings (SSSR count). The number of amides is 1. The molecule has 0 aliphatic carbocycles. The van der Waals surface area contributed by atoms with Crippen LogP contribution in [-0.2, 0) is 0 Å². The average molecular weight is 307 g/mol. The molecule has 0 aliphatic heterocycles. The van der Waals surface area contributed by atoms with Crippen LogP contribution in [0.25, 0.3) is 0 Å². The number of nitrogens with one attached hydrogen (secondary N) is 1. The predicted octanol–water partition coefficient (Wildman–Crippen LogP) is 3.35. The molecule has 0 aromatic heterocycles. The third-order valence-electron chi connectivity index (χ3n) is 3.97. The summed E-state index contributed by atoms with van der Waals surface area (Å²) in [4.78, 5) is 12.4. The molecule has 0 atom stereocenters. The van der Waals surface area contributed by atoms with E-state index in [1.54, 1.807) is 18.2 Å². The summed E-state index contributed by atoms with van der Waals surface area (Å²) in [6, 6.07) is 5.15. The smallest absolute Gasteiger partial charge is 0.251 e. The first-order valence-electron chi connectivity index (χ1n) is 7.32. The van der Waals surface area contributed by atoms with Gasteiger partial charge in [0, 0.05) is 16.7 Å². The Bertz CT molecular complexity index is 545. The third kappa shape index (κ3) is 4.49. The van der Waals surface area contributed by atoms with E-state index in [0.717, 1.165) is 19.3 Å². The van der Waals surface area contributed by atoms with Crippen LogP contribution in [-0.4, -0.2) is 18.0 Å². The second kappa shape index (κ2) is 8.07. The molecule has 0 radical (unpaired) electrons. The molecule has 4 heteroatoms. The van der Waals surface area contributed by atoms with E-state index >= 15 is 0 Å². The predicted molar refractivity (Wildman–Crippen MR) is 88.5 cm³/mol. The van der Waals surface area contributed by atoms with Crippen molar-refractivity contribution in [3.05, 3.63) is 34.3 Å². The lowest BCUT2D eigenvalue weighted by Crippen LogP contribution is -2.47. The fourth-order valence-corrected chi connectivity index (χ4v) is 2.46. The van der Waals surface area contributed by atoms with E-state index in [-0.39, 0.29) is 18.0 Å². The van der Waals surface area contributed by atoms with Crippen molar-refractivity contribution in [3.63, 3.8) is 0 Å². The number of nitrogens with two attached hydrogens (primary N) is 1. The SMILES string of the molecule is CCC(CC)(CC)NC(=O)c1ccc(C#CCN)c(Cl)c1. The van der Waals surface area contributed by atoms with Crippen molar-refractivity contribution < 1.29 is 4.79 Å². The summed E-state index contributed by atoms with van der Waals surface area (Å²) in [5.74, 6) is 5.54. The lowest BCUT2D eigenvalue weighted by molar-refractivity contribution is 0.0888. The van der Waals surface area contributed by atoms with Crippen molar-refractivity contribution in [1.82, 2.24) is 5.32 Å². The van der Waals surface area contributed by atoms with E-state index in [1.165, 1.54) is 0 Å². The number of carbonyl (C=O) groups excluding carboxylic acids is 1. The number of rotatable bonds is 5. The fraction of sp³-hybridized carbons (Fsp3) is 0.471. The van der Waals surface area contributed by atoms with Crippen LogP contribution in [0, 0.1) is 11.8 Å². The Balaban J connectivity index is 2.96. The number of halogens is 1. The van der Waals surface area contributed by atoms with Crippen LogP contribution >= 0.6 is 11.6 Å². The Kier molecular flexibility index (Phi) is 6.74. The quantitative estimate of drug-likeness (QED) is 0.820. The van der Waals surface area contributed by atoms with Gasteiger partial charge in [-0.2, -0.15) is 0 Å². The van der Waals surface area contributed by atoms with Gasteiger partial charge in [-0.1, -0.05) is 44.2 Å². The maximum atomic E-state index is 12.4. The van der Waals surface area contributed by atoms with Gasteiger partial charge in [0.05, 0.1) is 11.6 Å². The van der Waals surface area contributed by atoms with Gasteiger partial charge in [-0.05, 0) is 37.5 Å². The van der Waals surface area contributed by atoms with Crippen LogP contribution in [0.5, 0.6) is 0 Å². The van der Waals surface area contributed by atoms with Crippen LogP contribution in [0.3, 0.4) is 0 Å². The molecule has 1 amide bonds. The molecule has 0 spiro atoms. The molecule has 0 saturated carbocycles. The first-order chi connectivity index (χ1) is 10.0. The zero-order valence-electron chi connectivity index (χ0n) is 12.9. The lowest BCUT2D eigenvalue weighted by Gasteiger charge is -2.31. The molecule has 1 aromatic rings. The van der Waals surface area contributed by atoms with E-state index in [1.807, 2.05) is 0 Å². The first-order valence-corrected chi connectivity index (χ1v) is 7.70. The highest BCUT2D eigenvalue weighted by Crippen LogP contribution is 2.22. The van der Waals surface area contributed by atoms with Gasteiger partial charge in [-0.25, -0.2) is 0 Å². The Labute approximate surface area is 132 Å².